The van der Waals surface area contributed by atoms with Gasteiger partial charge in [-0.05, 0) is 126 Å². The molecule has 4 amide bonds. The molecule has 0 spiro atoms. The van der Waals surface area contributed by atoms with E-state index in [1.165, 1.54) is 12.0 Å². The van der Waals surface area contributed by atoms with Crippen molar-refractivity contribution in [1.82, 2.24) is 20.9 Å². The fraction of sp³-hybridized carbons (Fsp3) is 0.536. The Kier molecular flexibility index (Phi) is 27.0. The van der Waals surface area contributed by atoms with Crippen LogP contribution in [0.15, 0.2) is 84.1 Å². The molecule has 0 radical (unpaired) electrons. The number of anilines is 1. The summed E-state index contributed by atoms with van der Waals surface area (Å²) in [5, 5.41) is 13.9. The molecular weight excluding hydrogens is 993 g/mol. The number of hydrogen-bond donors (Lipinski definition) is 3. The van der Waals surface area contributed by atoms with E-state index in [0.717, 1.165) is 27.5 Å². The molecule has 4 aromatic rings. The number of fused-ring (bicyclic) bond motifs is 1. The average Bonchev–Trinajstić information content (AvgIpc) is 3.38. The summed E-state index contributed by atoms with van der Waals surface area (Å²) in [6.07, 6.45) is 1.57. The molecule has 3 aromatic carbocycles. The van der Waals surface area contributed by atoms with Gasteiger partial charge in [0.25, 0.3) is 0 Å². The van der Waals surface area contributed by atoms with Gasteiger partial charge >= 0.3 is 18.2 Å². The van der Waals surface area contributed by atoms with Gasteiger partial charge in [0.2, 0.25) is 11.8 Å². The number of nitrogens with one attached hydrogen (secondary N) is 3. The highest BCUT2D eigenvalue weighted by Crippen LogP contribution is 2.35. The van der Waals surface area contributed by atoms with Crippen molar-refractivity contribution >= 4 is 46.6 Å². The second kappa shape index (κ2) is 33.2. The number of ether oxygens (including phenoxy) is 8. The summed E-state index contributed by atoms with van der Waals surface area (Å²) in [5.74, 6) is -0.408. The van der Waals surface area contributed by atoms with Crippen molar-refractivity contribution in [3.63, 3.8) is 0 Å². The summed E-state index contributed by atoms with van der Waals surface area (Å²) < 4.78 is 44.2. The first kappa shape index (κ1) is 62.5. The first-order valence-electron chi connectivity index (χ1n) is 26.0. The number of aromatic nitrogens is 1. The molecule has 3 N–H and O–H groups in total. The molecule has 4 rings (SSSR count). The molecule has 77 heavy (non-hydrogen) atoms. The van der Waals surface area contributed by atoms with E-state index in [1.54, 1.807) is 53.8 Å². The summed E-state index contributed by atoms with van der Waals surface area (Å²) in [7, 11) is 1.28. The largest absolute Gasteiger partial charge is 0.491 e. The number of carbonyl (C=O) groups excluding carboxylic acids is 5. The summed E-state index contributed by atoms with van der Waals surface area (Å²) in [5.41, 5.74) is 10.2. The van der Waals surface area contributed by atoms with Crippen molar-refractivity contribution in [3.05, 3.63) is 101 Å². The van der Waals surface area contributed by atoms with Gasteiger partial charge in [-0.15, -0.1) is 0 Å². The van der Waals surface area contributed by atoms with Gasteiger partial charge in [0.15, 0.2) is 0 Å². The lowest BCUT2D eigenvalue weighted by atomic mass is 9.95. The zero-order chi connectivity index (χ0) is 56.1. The minimum atomic E-state index is -1.02. The Bertz CT molecular complexity index is 2530. The number of pyridine rings is 1. The second-order valence-corrected chi connectivity index (χ2v) is 19.8. The summed E-state index contributed by atoms with van der Waals surface area (Å²) in [6.45, 7) is 16.7. The number of hydrogen-bond acceptors (Lipinski definition) is 15. The lowest BCUT2D eigenvalue weighted by molar-refractivity contribution is -0.141. The highest BCUT2D eigenvalue weighted by atomic mass is 16.6. The van der Waals surface area contributed by atoms with Crippen LogP contribution in [0.4, 0.5) is 15.4 Å². The minimum absolute atomic E-state index is 0.0326. The summed E-state index contributed by atoms with van der Waals surface area (Å²) in [4.78, 5) is 74.8. The maximum Gasteiger partial charge on any atom is 0.416 e. The molecule has 21 heteroatoms. The van der Waals surface area contributed by atoms with E-state index in [0.29, 0.717) is 89.4 Å². The Balaban J connectivity index is 1.40. The van der Waals surface area contributed by atoms with Crippen molar-refractivity contribution < 1.29 is 61.9 Å². The third-order valence-corrected chi connectivity index (χ3v) is 11.2. The smallest absolute Gasteiger partial charge is 0.416 e. The number of unbranched alkanes of at least 4 members (excludes halogenated alkanes) is 1. The lowest BCUT2D eigenvalue weighted by Crippen LogP contribution is -2.48. The van der Waals surface area contributed by atoms with Gasteiger partial charge in [-0.3, -0.25) is 19.3 Å². The third-order valence-electron chi connectivity index (χ3n) is 11.2. The zero-order valence-corrected chi connectivity index (χ0v) is 45.9. The number of azide groups is 1. The first-order valence-corrected chi connectivity index (χ1v) is 26.0. The van der Waals surface area contributed by atoms with Crippen molar-refractivity contribution in [2.24, 2.45) is 5.11 Å². The van der Waals surface area contributed by atoms with Crippen LogP contribution in [0.1, 0.15) is 97.2 Å². The number of esters is 1. The van der Waals surface area contributed by atoms with Crippen molar-refractivity contribution in [1.29, 1.82) is 0 Å². The predicted molar refractivity (Wildman–Crippen MR) is 291 cm³/mol. The van der Waals surface area contributed by atoms with Gasteiger partial charge in [-0.1, -0.05) is 59.7 Å². The molecule has 420 valence electrons. The van der Waals surface area contributed by atoms with Crippen LogP contribution in [0.3, 0.4) is 0 Å². The van der Waals surface area contributed by atoms with Crippen LogP contribution in [-0.4, -0.2) is 138 Å². The molecule has 0 aliphatic heterocycles. The van der Waals surface area contributed by atoms with Crippen LogP contribution in [0, 0.1) is 6.92 Å². The number of amides is 4. The SMILES string of the molecule is COC(=O)C[C@H](NC(=O)[C@H](CCCCNC(=O)OC(C)(C)C)NC(=O)CCCN(C(=O)OC(C)(C)C)c1cc(C)ccn1)c1ccc(-c2ccc(OCCOCCOCCOCCOCCN=[N+]=[N-])c3ccccc23)cc1. The summed E-state index contributed by atoms with van der Waals surface area (Å²) >= 11 is 0. The van der Waals surface area contributed by atoms with Crippen LogP contribution in [0.5, 0.6) is 5.75 Å². The average molecular weight is 1070 g/mol. The van der Waals surface area contributed by atoms with Gasteiger partial charge in [-0.25, -0.2) is 14.6 Å². The number of benzene rings is 3. The Hall–Kier alpha value is -7.03. The van der Waals surface area contributed by atoms with E-state index in [-0.39, 0.29) is 45.3 Å². The Morgan fingerprint density at radius 2 is 1.38 bits per heavy atom. The maximum absolute atomic E-state index is 14.3. The number of alkyl carbamates (subject to hydrolysis) is 1. The van der Waals surface area contributed by atoms with E-state index < -0.39 is 53.3 Å². The van der Waals surface area contributed by atoms with Crippen molar-refractivity contribution in [2.45, 2.75) is 110 Å². The van der Waals surface area contributed by atoms with E-state index in [4.69, 9.17) is 43.4 Å². The van der Waals surface area contributed by atoms with Crippen LogP contribution >= 0.6 is 0 Å². The third kappa shape index (κ3) is 24.2. The quantitative estimate of drug-likeness (QED) is 0.0100. The highest BCUT2D eigenvalue weighted by molar-refractivity contribution is 6.00. The van der Waals surface area contributed by atoms with Crippen LogP contribution in [-0.2, 0) is 47.5 Å². The van der Waals surface area contributed by atoms with E-state index in [2.05, 4.69) is 31.0 Å². The molecular formula is C56H78N8O13. The number of nitrogens with zero attached hydrogens (tertiary/aromatic N) is 5. The van der Waals surface area contributed by atoms with E-state index in [9.17, 15) is 24.0 Å². The molecule has 0 bridgehead atoms. The van der Waals surface area contributed by atoms with Crippen LogP contribution in [0.25, 0.3) is 32.3 Å². The van der Waals surface area contributed by atoms with Crippen molar-refractivity contribution in [2.75, 3.05) is 91.1 Å². The fourth-order valence-electron chi connectivity index (χ4n) is 7.64. The lowest BCUT2D eigenvalue weighted by Gasteiger charge is -2.27. The molecule has 0 unspecified atom stereocenters. The van der Waals surface area contributed by atoms with Gasteiger partial charge in [0, 0.05) is 42.5 Å². The fourth-order valence-corrected chi connectivity index (χ4v) is 7.64. The first-order chi connectivity index (χ1) is 36.9. The number of carbonyl (C=O) groups is 5. The van der Waals surface area contributed by atoms with Gasteiger partial charge in [0.05, 0.1) is 72.4 Å². The molecule has 21 nitrogen and oxygen atoms in total. The van der Waals surface area contributed by atoms with E-state index in [1.807, 2.05) is 73.7 Å². The Morgan fingerprint density at radius 1 is 0.740 bits per heavy atom. The molecule has 1 aromatic heterocycles. The molecule has 0 aliphatic carbocycles. The summed E-state index contributed by atoms with van der Waals surface area (Å²) in [6, 6.07) is 21.1. The van der Waals surface area contributed by atoms with Crippen molar-refractivity contribution in [3.8, 4) is 16.9 Å². The standard InChI is InChI=1S/C56H78N8O13/c1-40-24-26-58-49(38-40)64(54(69)77-56(5,6)7)28-13-17-50(65)61-46(16-11-12-25-59-53(68)76-55(2,3)4)52(67)62-47(39-51(66)70-8)42-20-18-41(19-21-42)43-22-23-48(45-15-10-9-14-44(43)45)75-37-36-74-35-34-73-33-32-72-31-30-71-29-27-60-63-57/h9-10,14-15,18-24,26,38,46-47H,11-13,16-17,25,27-37,39H2,1-8H3,(H,59,68)(H,61,65)(H,62,67)/t46-,47-/m0/s1. The number of aryl methyl sites for hydroxylation is 1. The van der Waals surface area contributed by atoms with Gasteiger partial charge in [0.1, 0.15) is 35.4 Å². The predicted octanol–water partition coefficient (Wildman–Crippen LogP) is 9.09. The molecule has 0 aliphatic rings. The Morgan fingerprint density at radius 3 is 2.00 bits per heavy atom. The molecule has 0 saturated heterocycles. The number of methoxy groups -OCH3 is 1. The molecule has 2 atom stereocenters. The monoisotopic (exact) mass is 1070 g/mol. The van der Waals surface area contributed by atoms with Gasteiger partial charge in [-0.2, -0.15) is 0 Å². The molecule has 0 saturated carbocycles. The maximum atomic E-state index is 14.3. The molecule has 0 fully saturated rings. The minimum Gasteiger partial charge on any atom is -0.491 e. The highest BCUT2D eigenvalue weighted by Gasteiger charge is 2.28. The number of rotatable bonds is 33. The van der Waals surface area contributed by atoms with Crippen LogP contribution in [0.2, 0.25) is 0 Å². The zero-order valence-electron chi connectivity index (χ0n) is 45.9. The van der Waals surface area contributed by atoms with Gasteiger partial charge < -0.3 is 53.8 Å². The van der Waals surface area contributed by atoms with E-state index >= 15 is 0 Å². The molecule has 1 heterocycles. The second-order valence-electron chi connectivity index (χ2n) is 19.8. The van der Waals surface area contributed by atoms with Crippen LogP contribution < -0.4 is 25.6 Å². The topological polar surface area (TPSA) is 260 Å². The Labute approximate surface area is 451 Å². The normalized spacial score (nSPS) is 12.2.